The van der Waals surface area contributed by atoms with Crippen molar-refractivity contribution in [3.05, 3.63) is 53.6 Å². The van der Waals surface area contributed by atoms with E-state index in [2.05, 4.69) is 30.4 Å². The summed E-state index contributed by atoms with van der Waals surface area (Å²) >= 11 is 0. The maximum atomic E-state index is 8.91. The summed E-state index contributed by atoms with van der Waals surface area (Å²) in [4.78, 5) is 0. The van der Waals surface area contributed by atoms with E-state index in [1.165, 1.54) is 11.1 Å². The molecule has 1 nitrogen and oxygen atoms in total. The Morgan fingerprint density at radius 1 is 0.850 bits per heavy atom. The van der Waals surface area contributed by atoms with Gasteiger partial charge >= 0.3 is 0 Å². The van der Waals surface area contributed by atoms with Crippen LogP contribution in [0, 0.1) is 0 Å². The van der Waals surface area contributed by atoms with Crippen LogP contribution < -0.4 is 0 Å². The van der Waals surface area contributed by atoms with Crippen molar-refractivity contribution in [1.29, 1.82) is 0 Å². The standard InChI is InChI=1S/C13H14O.3C2H6/c14-10-11-6-8-13(9-7-11)12-4-2-1-3-5-12;3*1-2/h2,4-9,14H,1,3,10H2;3*1-2H3. The molecule has 114 valence electrons. The summed E-state index contributed by atoms with van der Waals surface area (Å²) in [6.07, 6.45) is 8.91. The third kappa shape index (κ3) is 7.96. The minimum absolute atomic E-state index is 0.120. The van der Waals surface area contributed by atoms with Gasteiger partial charge < -0.3 is 5.11 Å². The van der Waals surface area contributed by atoms with Gasteiger partial charge in [0.25, 0.3) is 0 Å². The number of benzene rings is 1. The van der Waals surface area contributed by atoms with Crippen molar-refractivity contribution in [2.24, 2.45) is 0 Å². The second-order valence-electron chi connectivity index (χ2n) is 3.49. The maximum Gasteiger partial charge on any atom is 0.0681 e. The van der Waals surface area contributed by atoms with Crippen LogP contribution in [0.15, 0.2) is 42.5 Å². The molecule has 0 unspecified atom stereocenters. The maximum absolute atomic E-state index is 8.91. The molecule has 1 heteroatoms. The zero-order valence-electron chi connectivity index (χ0n) is 14.1. The summed E-state index contributed by atoms with van der Waals surface area (Å²) in [6, 6.07) is 8.07. The van der Waals surface area contributed by atoms with E-state index in [4.69, 9.17) is 5.11 Å². The third-order valence-electron chi connectivity index (χ3n) is 2.46. The SMILES string of the molecule is CC.CC.CC.OCc1ccc(C2=CCCC=C2)cc1. The van der Waals surface area contributed by atoms with Crippen molar-refractivity contribution in [3.63, 3.8) is 0 Å². The van der Waals surface area contributed by atoms with Crippen LogP contribution in [0.5, 0.6) is 0 Å². The molecule has 0 radical (unpaired) electrons. The summed E-state index contributed by atoms with van der Waals surface area (Å²) in [5, 5.41) is 8.91. The van der Waals surface area contributed by atoms with Crippen molar-refractivity contribution < 1.29 is 5.11 Å². The molecule has 1 aliphatic rings. The lowest BCUT2D eigenvalue weighted by atomic mass is 9.99. The molecule has 1 aromatic carbocycles. The van der Waals surface area contributed by atoms with E-state index in [0.29, 0.717) is 0 Å². The minimum atomic E-state index is 0.120. The largest absolute Gasteiger partial charge is 0.392 e. The van der Waals surface area contributed by atoms with Gasteiger partial charge in [-0.05, 0) is 29.5 Å². The van der Waals surface area contributed by atoms with Gasteiger partial charge in [0, 0.05) is 0 Å². The Bertz CT molecular complexity index is 358. The first-order valence-corrected chi connectivity index (χ1v) is 7.97. The van der Waals surface area contributed by atoms with E-state index in [9.17, 15) is 0 Å². The highest BCUT2D eigenvalue weighted by molar-refractivity contribution is 5.74. The molecular weight excluding hydrogens is 244 g/mol. The Morgan fingerprint density at radius 2 is 1.40 bits per heavy atom. The first-order valence-electron chi connectivity index (χ1n) is 7.97. The third-order valence-corrected chi connectivity index (χ3v) is 2.46. The van der Waals surface area contributed by atoms with Gasteiger partial charge in [0.2, 0.25) is 0 Å². The summed E-state index contributed by atoms with van der Waals surface area (Å²) in [5.74, 6) is 0. The zero-order valence-corrected chi connectivity index (χ0v) is 14.1. The average molecular weight is 276 g/mol. The summed E-state index contributed by atoms with van der Waals surface area (Å²) in [5.41, 5.74) is 3.49. The molecular formula is C19H32O. The summed E-state index contributed by atoms with van der Waals surface area (Å²) < 4.78 is 0. The summed E-state index contributed by atoms with van der Waals surface area (Å²) in [6.45, 7) is 12.1. The topological polar surface area (TPSA) is 20.2 Å². The number of aliphatic hydroxyl groups excluding tert-OH is 1. The lowest BCUT2D eigenvalue weighted by Crippen LogP contribution is -1.87. The van der Waals surface area contributed by atoms with Crippen LogP contribution >= 0.6 is 0 Å². The van der Waals surface area contributed by atoms with Gasteiger partial charge in [-0.2, -0.15) is 0 Å². The van der Waals surface area contributed by atoms with Gasteiger partial charge in [0.1, 0.15) is 0 Å². The lowest BCUT2D eigenvalue weighted by Gasteiger charge is -2.07. The molecule has 0 spiro atoms. The van der Waals surface area contributed by atoms with Crippen LogP contribution in [0.25, 0.3) is 5.57 Å². The lowest BCUT2D eigenvalue weighted by molar-refractivity contribution is 0.282. The van der Waals surface area contributed by atoms with Crippen molar-refractivity contribution in [2.75, 3.05) is 0 Å². The van der Waals surface area contributed by atoms with Crippen LogP contribution in [-0.4, -0.2) is 5.11 Å². The normalized spacial score (nSPS) is 11.7. The zero-order chi connectivity index (χ0) is 15.8. The van der Waals surface area contributed by atoms with E-state index in [0.717, 1.165) is 18.4 Å². The number of hydrogen-bond donors (Lipinski definition) is 1. The Balaban J connectivity index is 0. The number of rotatable bonds is 2. The second kappa shape index (κ2) is 15.7. The monoisotopic (exact) mass is 276 g/mol. The number of aliphatic hydroxyl groups is 1. The molecule has 0 amide bonds. The Kier molecular flexibility index (Phi) is 16.5. The average Bonchev–Trinajstić information content (AvgIpc) is 2.61. The van der Waals surface area contributed by atoms with Gasteiger partial charge in [-0.25, -0.2) is 0 Å². The number of hydrogen-bond acceptors (Lipinski definition) is 1. The molecule has 0 atom stereocenters. The smallest absolute Gasteiger partial charge is 0.0681 e. The summed E-state index contributed by atoms with van der Waals surface area (Å²) in [7, 11) is 0. The minimum Gasteiger partial charge on any atom is -0.392 e. The van der Waals surface area contributed by atoms with E-state index in [-0.39, 0.29) is 6.61 Å². The van der Waals surface area contributed by atoms with E-state index < -0.39 is 0 Å². The van der Waals surface area contributed by atoms with Gasteiger partial charge in [-0.3, -0.25) is 0 Å². The second-order valence-corrected chi connectivity index (χ2v) is 3.49. The van der Waals surface area contributed by atoms with Crippen LogP contribution in [0.1, 0.15) is 65.5 Å². The first kappa shape index (κ1) is 21.0. The van der Waals surface area contributed by atoms with Crippen molar-refractivity contribution in [3.8, 4) is 0 Å². The highest BCUT2D eigenvalue weighted by Gasteiger charge is 2.00. The highest BCUT2D eigenvalue weighted by Crippen LogP contribution is 2.21. The van der Waals surface area contributed by atoms with E-state index >= 15 is 0 Å². The van der Waals surface area contributed by atoms with E-state index in [1.54, 1.807) is 0 Å². The van der Waals surface area contributed by atoms with Crippen LogP contribution in [0.2, 0.25) is 0 Å². The molecule has 0 saturated heterocycles. The van der Waals surface area contributed by atoms with Crippen molar-refractivity contribution in [1.82, 2.24) is 0 Å². The molecule has 1 aliphatic carbocycles. The molecule has 20 heavy (non-hydrogen) atoms. The van der Waals surface area contributed by atoms with Crippen LogP contribution in [0.4, 0.5) is 0 Å². The molecule has 0 fully saturated rings. The molecule has 2 rings (SSSR count). The van der Waals surface area contributed by atoms with Gasteiger partial charge in [-0.15, -0.1) is 0 Å². The quantitative estimate of drug-likeness (QED) is 0.703. The fourth-order valence-corrected chi connectivity index (χ4v) is 1.63. The van der Waals surface area contributed by atoms with Crippen LogP contribution in [-0.2, 0) is 6.61 Å². The predicted octanol–water partition coefficient (Wildman–Crippen LogP) is 5.99. The number of allylic oxidation sites excluding steroid dienone is 4. The Hall–Kier alpha value is -1.34. The predicted molar refractivity (Wildman–Crippen MR) is 92.8 cm³/mol. The van der Waals surface area contributed by atoms with Crippen molar-refractivity contribution >= 4 is 5.57 Å². The Morgan fingerprint density at radius 3 is 1.80 bits per heavy atom. The fraction of sp³-hybridized carbons (Fsp3) is 0.474. The molecule has 0 aliphatic heterocycles. The molecule has 0 heterocycles. The van der Waals surface area contributed by atoms with Crippen molar-refractivity contribution in [2.45, 2.75) is 61.0 Å². The van der Waals surface area contributed by atoms with E-state index in [1.807, 2.05) is 53.7 Å². The molecule has 0 aromatic heterocycles. The Labute approximate surface area is 126 Å². The highest BCUT2D eigenvalue weighted by atomic mass is 16.3. The molecule has 0 saturated carbocycles. The van der Waals surface area contributed by atoms with Crippen LogP contribution in [0.3, 0.4) is 0 Å². The first-order chi connectivity index (χ1) is 9.90. The molecule has 1 aromatic rings. The molecule has 1 N–H and O–H groups in total. The molecule has 0 bridgehead atoms. The fourth-order valence-electron chi connectivity index (χ4n) is 1.63. The van der Waals surface area contributed by atoms with Gasteiger partial charge in [0.05, 0.1) is 6.61 Å². The van der Waals surface area contributed by atoms with Gasteiger partial charge in [0.15, 0.2) is 0 Å². The van der Waals surface area contributed by atoms with Gasteiger partial charge in [-0.1, -0.05) is 84.0 Å².